The molecule has 6 heteroatoms. The Morgan fingerprint density at radius 2 is 2.26 bits per heavy atom. The van der Waals surface area contributed by atoms with Crippen LogP contribution in [-0.2, 0) is 13.0 Å². The number of aromatic nitrogens is 2. The van der Waals surface area contributed by atoms with Crippen molar-refractivity contribution in [3.8, 4) is 5.75 Å². The van der Waals surface area contributed by atoms with E-state index in [0.717, 1.165) is 55.9 Å². The molecular weight excluding hydrogens is 290 g/mol. The van der Waals surface area contributed by atoms with Gasteiger partial charge < -0.3 is 25.3 Å². The number of benzene rings is 1. The Bertz CT molecular complexity index is 679. The van der Waals surface area contributed by atoms with Gasteiger partial charge in [-0.15, -0.1) is 0 Å². The van der Waals surface area contributed by atoms with Crippen molar-refractivity contribution in [2.24, 2.45) is 5.92 Å². The lowest BCUT2D eigenvalue weighted by Crippen LogP contribution is -2.29. The number of rotatable bonds is 6. The zero-order valence-electron chi connectivity index (χ0n) is 14.3. The number of hydrogen-bond donors (Lipinski definition) is 2. The number of aryl methyl sites for hydroxylation is 1. The second kappa shape index (κ2) is 6.76. The fraction of sp³-hybridized carbons (Fsp3) is 0.588. The molecule has 126 valence electrons. The molecule has 1 aromatic carbocycles. The van der Waals surface area contributed by atoms with Gasteiger partial charge in [0, 0.05) is 24.6 Å². The first-order valence-corrected chi connectivity index (χ1v) is 8.30. The van der Waals surface area contributed by atoms with E-state index < -0.39 is 0 Å². The van der Waals surface area contributed by atoms with Crippen molar-refractivity contribution < 1.29 is 4.74 Å². The molecule has 1 aliphatic rings. The Morgan fingerprint density at radius 3 is 3.00 bits per heavy atom. The molecule has 0 saturated heterocycles. The first-order chi connectivity index (χ1) is 11.1. The molecule has 1 aromatic heterocycles. The van der Waals surface area contributed by atoms with Gasteiger partial charge in [0.05, 0.1) is 17.6 Å². The second-order valence-electron chi connectivity index (χ2n) is 6.63. The Balaban J connectivity index is 1.95. The number of ether oxygens (including phenoxy) is 1. The van der Waals surface area contributed by atoms with Crippen molar-refractivity contribution in [2.75, 3.05) is 46.6 Å². The number of nitrogen functional groups attached to an aromatic ring is 1. The van der Waals surface area contributed by atoms with Gasteiger partial charge in [0.25, 0.3) is 0 Å². The van der Waals surface area contributed by atoms with E-state index in [9.17, 15) is 0 Å². The summed E-state index contributed by atoms with van der Waals surface area (Å²) in [6.45, 7) is 3.64. The van der Waals surface area contributed by atoms with E-state index in [1.807, 2.05) is 19.2 Å². The number of hydrogen-bond acceptors (Lipinski definition) is 5. The van der Waals surface area contributed by atoms with Crippen LogP contribution >= 0.6 is 0 Å². The largest absolute Gasteiger partial charge is 0.493 e. The van der Waals surface area contributed by atoms with Crippen LogP contribution < -0.4 is 15.8 Å². The van der Waals surface area contributed by atoms with E-state index in [1.165, 1.54) is 5.56 Å². The molecule has 1 atom stereocenters. The summed E-state index contributed by atoms with van der Waals surface area (Å²) in [5.74, 6) is 2.07. The van der Waals surface area contributed by atoms with E-state index in [1.54, 1.807) is 0 Å². The summed E-state index contributed by atoms with van der Waals surface area (Å²) < 4.78 is 8.13. The molecule has 0 radical (unpaired) electrons. The lowest BCUT2D eigenvalue weighted by molar-refractivity contribution is 0.221. The molecule has 0 fully saturated rings. The predicted octanol–water partition coefficient (Wildman–Crippen LogP) is 1.34. The summed E-state index contributed by atoms with van der Waals surface area (Å²) in [6, 6.07) is 4.05. The van der Waals surface area contributed by atoms with Crippen LogP contribution in [0.25, 0.3) is 11.0 Å². The van der Waals surface area contributed by atoms with Gasteiger partial charge >= 0.3 is 0 Å². The van der Waals surface area contributed by atoms with Crippen LogP contribution in [0, 0.1) is 5.92 Å². The smallest absolute Gasteiger partial charge is 0.201 e. The standard InChI is InChI=1S/C17H27N5O/c1-19-10-12-9-13-15(23-11-12)6-5-14-16(13)22(17(18)20-14)8-4-7-21(2)3/h5-6,12,19H,4,7-11H2,1-3H3,(H2,18,20). The molecule has 0 bridgehead atoms. The van der Waals surface area contributed by atoms with Crippen molar-refractivity contribution in [1.82, 2.24) is 19.8 Å². The molecular formula is C17H27N5O. The van der Waals surface area contributed by atoms with Crippen molar-refractivity contribution in [3.63, 3.8) is 0 Å². The highest BCUT2D eigenvalue weighted by atomic mass is 16.5. The molecule has 0 saturated carbocycles. The molecule has 2 heterocycles. The summed E-state index contributed by atoms with van der Waals surface area (Å²) in [5, 5.41) is 3.25. The van der Waals surface area contributed by atoms with Crippen LogP contribution in [0.3, 0.4) is 0 Å². The molecule has 2 aromatic rings. The molecule has 3 N–H and O–H groups in total. The van der Waals surface area contributed by atoms with Crippen molar-refractivity contribution in [1.29, 1.82) is 0 Å². The van der Waals surface area contributed by atoms with Crippen LogP contribution in [0.2, 0.25) is 0 Å². The van der Waals surface area contributed by atoms with Gasteiger partial charge in [-0.2, -0.15) is 0 Å². The van der Waals surface area contributed by atoms with Gasteiger partial charge in [0.1, 0.15) is 5.75 Å². The lowest BCUT2D eigenvalue weighted by atomic mass is 9.95. The van der Waals surface area contributed by atoms with Crippen LogP contribution in [0.15, 0.2) is 12.1 Å². The zero-order chi connectivity index (χ0) is 16.4. The minimum Gasteiger partial charge on any atom is -0.493 e. The van der Waals surface area contributed by atoms with E-state index in [2.05, 4.69) is 33.9 Å². The van der Waals surface area contributed by atoms with E-state index in [-0.39, 0.29) is 0 Å². The molecule has 0 spiro atoms. The topological polar surface area (TPSA) is 68.3 Å². The summed E-state index contributed by atoms with van der Waals surface area (Å²) in [5.41, 5.74) is 9.56. The normalized spacial score (nSPS) is 17.5. The third-order valence-electron chi connectivity index (χ3n) is 4.45. The summed E-state index contributed by atoms with van der Waals surface area (Å²) in [7, 11) is 6.17. The Hall–Kier alpha value is -1.79. The van der Waals surface area contributed by atoms with Gasteiger partial charge in [-0.1, -0.05) is 0 Å². The molecule has 1 aliphatic heterocycles. The summed E-state index contributed by atoms with van der Waals surface area (Å²) >= 11 is 0. The minimum atomic E-state index is 0.490. The lowest BCUT2D eigenvalue weighted by Gasteiger charge is -2.26. The Labute approximate surface area is 137 Å². The van der Waals surface area contributed by atoms with Crippen LogP contribution in [-0.4, -0.2) is 55.3 Å². The monoisotopic (exact) mass is 317 g/mol. The number of imidazole rings is 1. The quantitative estimate of drug-likeness (QED) is 0.841. The SMILES string of the molecule is CNCC1COc2ccc3nc(N)n(CCCN(C)C)c3c2C1. The predicted molar refractivity (Wildman–Crippen MR) is 93.9 cm³/mol. The van der Waals surface area contributed by atoms with E-state index in [0.29, 0.717) is 11.9 Å². The van der Waals surface area contributed by atoms with Crippen molar-refractivity contribution in [3.05, 3.63) is 17.7 Å². The minimum absolute atomic E-state index is 0.490. The number of nitrogens with zero attached hydrogens (tertiary/aromatic N) is 3. The van der Waals surface area contributed by atoms with Crippen LogP contribution in [0.4, 0.5) is 5.95 Å². The highest BCUT2D eigenvalue weighted by Crippen LogP contribution is 2.34. The number of anilines is 1. The van der Waals surface area contributed by atoms with E-state index in [4.69, 9.17) is 10.5 Å². The number of nitrogens with one attached hydrogen (secondary N) is 1. The average Bonchev–Trinajstić information content (AvgIpc) is 2.83. The third kappa shape index (κ3) is 3.28. The van der Waals surface area contributed by atoms with Gasteiger partial charge in [0.2, 0.25) is 5.95 Å². The highest BCUT2D eigenvalue weighted by molar-refractivity contribution is 5.84. The second-order valence-corrected chi connectivity index (χ2v) is 6.63. The summed E-state index contributed by atoms with van der Waals surface area (Å²) in [4.78, 5) is 6.74. The average molecular weight is 317 g/mol. The highest BCUT2D eigenvalue weighted by Gasteiger charge is 2.24. The van der Waals surface area contributed by atoms with Gasteiger partial charge in [-0.25, -0.2) is 4.98 Å². The van der Waals surface area contributed by atoms with Crippen LogP contribution in [0.5, 0.6) is 5.75 Å². The zero-order valence-corrected chi connectivity index (χ0v) is 14.3. The molecule has 0 aliphatic carbocycles. The maximum atomic E-state index is 6.18. The fourth-order valence-electron chi connectivity index (χ4n) is 3.37. The maximum absolute atomic E-state index is 6.18. The fourth-order valence-corrected chi connectivity index (χ4v) is 3.37. The maximum Gasteiger partial charge on any atom is 0.201 e. The molecule has 23 heavy (non-hydrogen) atoms. The van der Waals surface area contributed by atoms with Crippen molar-refractivity contribution >= 4 is 17.0 Å². The number of nitrogens with two attached hydrogens (primary N) is 1. The van der Waals surface area contributed by atoms with Crippen LogP contribution in [0.1, 0.15) is 12.0 Å². The van der Waals surface area contributed by atoms with Gasteiger partial charge in [-0.05, 0) is 52.7 Å². The first kappa shape index (κ1) is 16.1. The van der Waals surface area contributed by atoms with Gasteiger partial charge in [-0.3, -0.25) is 0 Å². The van der Waals surface area contributed by atoms with E-state index >= 15 is 0 Å². The molecule has 6 nitrogen and oxygen atoms in total. The molecule has 0 amide bonds. The summed E-state index contributed by atoms with van der Waals surface area (Å²) in [6.07, 6.45) is 2.06. The Morgan fingerprint density at radius 1 is 1.43 bits per heavy atom. The first-order valence-electron chi connectivity index (χ1n) is 8.30. The number of fused-ring (bicyclic) bond motifs is 3. The van der Waals surface area contributed by atoms with Crippen molar-refractivity contribution in [2.45, 2.75) is 19.4 Å². The molecule has 1 unspecified atom stereocenters. The molecule has 3 rings (SSSR count). The van der Waals surface area contributed by atoms with Gasteiger partial charge in [0.15, 0.2) is 0 Å². The third-order valence-corrected chi connectivity index (χ3v) is 4.45. The Kier molecular flexibility index (Phi) is 4.73.